The SMILES string of the molecule is COc1cc2c(Nc3ccc(Cl)cc3F)ncnc2cc1OCCOCCC1CCCN1.Cl. The first-order valence-corrected chi connectivity index (χ1v) is 11.0. The first kappa shape index (κ1) is 25.2. The molecule has 2 N–H and O–H groups in total. The van der Waals surface area contributed by atoms with E-state index >= 15 is 0 Å². The van der Waals surface area contributed by atoms with E-state index in [1.165, 1.54) is 25.2 Å². The molecular formula is C23H27Cl2FN4O3. The lowest BCUT2D eigenvalue weighted by Gasteiger charge is -2.14. The largest absolute Gasteiger partial charge is 0.493 e. The molecule has 1 aliphatic rings. The summed E-state index contributed by atoms with van der Waals surface area (Å²) < 4.78 is 31.3. The summed E-state index contributed by atoms with van der Waals surface area (Å²) in [6.07, 6.45) is 4.89. The molecule has 1 atom stereocenters. The Balaban J connectivity index is 0.00000306. The van der Waals surface area contributed by atoms with Crippen molar-refractivity contribution in [1.82, 2.24) is 15.3 Å². The standard InChI is InChI=1S/C23H26ClFN4O3.ClH/c1-30-21-12-17-20(13-22(21)32-10-9-31-8-6-16-3-2-7-26-16)27-14-28-23(17)29-19-5-4-15(24)11-18(19)25;/h4-5,11-14,16,26H,2-3,6-10H2,1H3,(H,27,28,29);1H. The van der Waals surface area contributed by atoms with Crippen LogP contribution in [0.4, 0.5) is 15.9 Å². The lowest BCUT2D eigenvalue weighted by atomic mass is 10.2. The fourth-order valence-electron chi connectivity index (χ4n) is 3.70. The predicted octanol–water partition coefficient (Wildman–Crippen LogP) is 5.13. The van der Waals surface area contributed by atoms with Gasteiger partial charge in [0, 0.05) is 29.1 Å². The van der Waals surface area contributed by atoms with Gasteiger partial charge in [0.1, 0.15) is 24.6 Å². The minimum Gasteiger partial charge on any atom is -0.493 e. The number of anilines is 2. The summed E-state index contributed by atoms with van der Waals surface area (Å²) in [4.78, 5) is 8.57. The molecule has 1 saturated heterocycles. The van der Waals surface area contributed by atoms with Gasteiger partial charge in [0.15, 0.2) is 11.5 Å². The van der Waals surface area contributed by atoms with E-state index < -0.39 is 5.82 Å². The molecule has 1 unspecified atom stereocenters. The molecule has 0 bridgehead atoms. The number of nitrogens with one attached hydrogen (secondary N) is 2. The second-order valence-corrected chi connectivity index (χ2v) is 7.97. The molecule has 2 heterocycles. The maximum atomic E-state index is 14.2. The van der Waals surface area contributed by atoms with Crippen molar-refractivity contribution >= 4 is 46.4 Å². The van der Waals surface area contributed by atoms with Crippen molar-refractivity contribution < 1.29 is 18.6 Å². The molecule has 0 spiro atoms. The maximum Gasteiger partial charge on any atom is 0.163 e. The van der Waals surface area contributed by atoms with Gasteiger partial charge in [0.05, 0.1) is 24.9 Å². The molecule has 178 valence electrons. The van der Waals surface area contributed by atoms with Gasteiger partial charge in [0.2, 0.25) is 0 Å². The Morgan fingerprint density at radius 1 is 1.15 bits per heavy atom. The number of nitrogens with zero attached hydrogens (tertiary/aromatic N) is 2. The van der Waals surface area contributed by atoms with E-state index in [1.807, 2.05) is 0 Å². The molecule has 10 heteroatoms. The number of benzene rings is 2. The molecule has 0 radical (unpaired) electrons. The molecular weight excluding hydrogens is 470 g/mol. The Kier molecular flexibility index (Phi) is 9.31. The zero-order chi connectivity index (χ0) is 22.3. The number of ether oxygens (including phenoxy) is 3. The van der Waals surface area contributed by atoms with E-state index in [1.54, 1.807) is 31.4 Å². The minimum absolute atomic E-state index is 0. The molecule has 4 rings (SSSR count). The first-order valence-electron chi connectivity index (χ1n) is 10.6. The van der Waals surface area contributed by atoms with Crippen LogP contribution in [0.1, 0.15) is 19.3 Å². The summed E-state index contributed by atoms with van der Waals surface area (Å²) in [6, 6.07) is 8.53. The quantitative estimate of drug-likeness (QED) is 0.376. The van der Waals surface area contributed by atoms with Gasteiger partial charge in [-0.2, -0.15) is 0 Å². The summed E-state index contributed by atoms with van der Waals surface area (Å²) in [6.45, 7) is 2.69. The van der Waals surface area contributed by atoms with Gasteiger partial charge in [-0.1, -0.05) is 11.6 Å². The van der Waals surface area contributed by atoms with Gasteiger partial charge >= 0.3 is 0 Å². The highest BCUT2D eigenvalue weighted by Gasteiger charge is 2.14. The number of methoxy groups -OCH3 is 1. The Labute approximate surface area is 203 Å². The molecule has 33 heavy (non-hydrogen) atoms. The monoisotopic (exact) mass is 496 g/mol. The van der Waals surface area contributed by atoms with Crippen molar-refractivity contribution in [2.24, 2.45) is 0 Å². The first-order chi connectivity index (χ1) is 15.6. The predicted molar refractivity (Wildman–Crippen MR) is 130 cm³/mol. The van der Waals surface area contributed by atoms with Gasteiger partial charge in [0.25, 0.3) is 0 Å². The maximum absolute atomic E-state index is 14.2. The van der Waals surface area contributed by atoms with E-state index in [0.29, 0.717) is 59.1 Å². The molecule has 1 aromatic heterocycles. The van der Waals surface area contributed by atoms with Crippen LogP contribution >= 0.6 is 24.0 Å². The smallest absolute Gasteiger partial charge is 0.163 e. The van der Waals surface area contributed by atoms with E-state index in [-0.39, 0.29) is 18.1 Å². The van der Waals surface area contributed by atoms with Crippen molar-refractivity contribution in [1.29, 1.82) is 0 Å². The van der Waals surface area contributed by atoms with Gasteiger partial charge in [-0.25, -0.2) is 14.4 Å². The van der Waals surface area contributed by atoms with Gasteiger partial charge < -0.3 is 24.8 Å². The molecule has 0 aliphatic carbocycles. The van der Waals surface area contributed by atoms with Crippen molar-refractivity contribution in [3.05, 3.63) is 47.5 Å². The Hall–Kier alpha value is -2.39. The highest BCUT2D eigenvalue weighted by atomic mass is 35.5. The molecule has 0 saturated carbocycles. The Morgan fingerprint density at radius 2 is 2.03 bits per heavy atom. The normalized spacial score (nSPS) is 15.3. The lowest BCUT2D eigenvalue weighted by molar-refractivity contribution is 0.0932. The zero-order valence-corrected chi connectivity index (χ0v) is 19.8. The van der Waals surface area contributed by atoms with Crippen LogP contribution < -0.4 is 20.1 Å². The van der Waals surface area contributed by atoms with Crippen molar-refractivity contribution in [2.75, 3.05) is 38.8 Å². The molecule has 3 aromatic rings. The summed E-state index contributed by atoms with van der Waals surface area (Å²) in [5, 5.41) is 7.45. The van der Waals surface area contributed by atoms with E-state index in [4.69, 9.17) is 25.8 Å². The Bertz CT molecular complexity index is 1070. The summed E-state index contributed by atoms with van der Waals surface area (Å²) in [7, 11) is 1.56. The van der Waals surface area contributed by atoms with Crippen LogP contribution in [0.25, 0.3) is 10.9 Å². The molecule has 0 amide bonds. The van der Waals surface area contributed by atoms with E-state index in [9.17, 15) is 4.39 Å². The van der Waals surface area contributed by atoms with Crippen LogP contribution in [0.2, 0.25) is 5.02 Å². The van der Waals surface area contributed by atoms with Crippen LogP contribution in [0.5, 0.6) is 11.5 Å². The average molecular weight is 497 g/mol. The van der Waals surface area contributed by atoms with Crippen LogP contribution in [0, 0.1) is 5.82 Å². The third-order valence-corrected chi connectivity index (χ3v) is 5.60. The summed E-state index contributed by atoms with van der Waals surface area (Å²) in [5.74, 6) is 1.07. The second-order valence-electron chi connectivity index (χ2n) is 7.53. The summed E-state index contributed by atoms with van der Waals surface area (Å²) in [5.41, 5.74) is 0.902. The Morgan fingerprint density at radius 3 is 2.79 bits per heavy atom. The summed E-state index contributed by atoms with van der Waals surface area (Å²) >= 11 is 5.84. The fourth-order valence-corrected chi connectivity index (χ4v) is 3.85. The van der Waals surface area contributed by atoms with Crippen molar-refractivity contribution in [3.8, 4) is 11.5 Å². The van der Waals surface area contributed by atoms with Crippen molar-refractivity contribution in [3.63, 3.8) is 0 Å². The van der Waals surface area contributed by atoms with Crippen LogP contribution in [0.15, 0.2) is 36.7 Å². The minimum atomic E-state index is -0.472. The fraction of sp³-hybridized carbons (Fsp3) is 0.391. The molecule has 2 aromatic carbocycles. The van der Waals surface area contributed by atoms with Crippen LogP contribution in [-0.2, 0) is 4.74 Å². The lowest BCUT2D eigenvalue weighted by Crippen LogP contribution is -2.23. The third kappa shape index (κ3) is 6.57. The molecule has 1 fully saturated rings. The molecule has 7 nitrogen and oxygen atoms in total. The van der Waals surface area contributed by atoms with E-state index in [0.717, 1.165) is 13.0 Å². The third-order valence-electron chi connectivity index (χ3n) is 5.36. The van der Waals surface area contributed by atoms with Crippen molar-refractivity contribution in [2.45, 2.75) is 25.3 Å². The highest BCUT2D eigenvalue weighted by molar-refractivity contribution is 6.30. The van der Waals surface area contributed by atoms with Crippen LogP contribution in [-0.4, -0.2) is 49.5 Å². The van der Waals surface area contributed by atoms with Gasteiger partial charge in [-0.05, 0) is 50.1 Å². The van der Waals surface area contributed by atoms with Gasteiger partial charge in [-0.15, -0.1) is 12.4 Å². The van der Waals surface area contributed by atoms with E-state index in [2.05, 4.69) is 20.6 Å². The number of rotatable bonds is 10. The highest BCUT2D eigenvalue weighted by Crippen LogP contribution is 2.35. The van der Waals surface area contributed by atoms with Gasteiger partial charge in [-0.3, -0.25) is 0 Å². The number of hydrogen-bond acceptors (Lipinski definition) is 7. The van der Waals surface area contributed by atoms with Crippen LogP contribution in [0.3, 0.4) is 0 Å². The number of fused-ring (bicyclic) bond motifs is 1. The zero-order valence-electron chi connectivity index (χ0n) is 18.3. The molecule has 1 aliphatic heterocycles. The second kappa shape index (κ2) is 12.2. The number of aromatic nitrogens is 2. The topological polar surface area (TPSA) is 77.5 Å². The number of halogens is 3. The average Bonchev–Trinajstić information content (AvgIpc) is 3.31. The number of hydrogen-bond donors (Lipinski definition) is 2.